The van der Waals surface area contributed by atoms with Crippen molar-refractivity contribution in [2.45, 2.75) is 53.4 Å². The van der Waals surface area contributed by atoms with Crippen LogP contribution in [0.1, 0.15) is 53.4 Å². The molecule has 0 aromatic carbocycles. The monoisotopic (exact) mass is 219 g/mol. The second kappa shape index (κ2) is 9.45. The van der Waals surface area contributed by atoms with E-state index in [1.165, 1.54) is 24.0 Å². The highest BCUT2D eigenvalue weighted by atomic mass is 14.0. The summed E-state index contributed by atoms with van der Waals surface area (Å²) < 4.78 is 0. The number of allylic oxidation sites excluding steroid dienone is 6. The van der Waals surface area contributed by atoms with Gasteiger partial charge in [-0.25, -0.2) is 0 Å². The van der Waals surface area contributed by atoms with Gasteiger partial charge in [0.25, 0.3) is 0 Å². The molecule has 0 aliphatic heterocycles. The molecule has 0 amide bonds. The molecule has 16 heavy (non-hydrogen) atoms. The minimum atomic E-state index is 0.665. The first-order valence-corrected chi connectivity index (χ1v) is 6.33. The minimum Gasteiger partial charge on any atom is -0.0914 e. The Morgan fingerprint density at radius 2 is 1.88 bits per heavy atom. The maximum absolute atomic E-state index is 3.83. The summed E-state index contributed by atoms with van der Waals surface area (Å²) in [6.45, 7) is 12.6. The Morgan fingerprint density at radius 1 is 1.19 bits per heavy atom. The highest BCUT2D eigenvalue weighted by Crippen LogP contribution is 2.14. The summed E-state index contributed by atoms with van der Waals surface area (Å²) in [7, 11) is 0. The molecule has 0 aromatic heterocycles. The molecular formula is C16H27. The zero-order valence-electron chi connectivity index (χ0n) is 11.4. The first kappa shape index (κ1) is 15.2. The van der Waals surface area contributed by atoms with Gasteiger partial charge in [-0.05, 0) is 59.3 Å². The van der Waals surface area contributed by atoms with Crippen LogP contribution in [0.15, 0.2) is 35.5 Å². The molecule has 0 rings (SSSR count). The number of hydrogen-bond acceptors (Lipinski definition) is 0. The fourth-order valence-electron chi connectivity index (χ4n) is 1.88. The summed E-state index contributed by atoms with van der Waals surface area (Å²) in [5, 5.41) is 0. The fraction of sp³-hybridized carbons (Fsp3) is 0.562. The highest BCUT2D eigenvalue weighted by Gasteiger charge is 1.97. The lowest BCUT2D eigenvalue weighted by Gasteiger charge is -2.06. The molecular weight excluding hydrogens is 192 g/mol. The van der Waals surface area contributed by atoms with Crippen LogP contribution >= 0.6 is 0 Å². The van der Waals surface area contributed by atoms with Gasteiger partial charge in [-0.3, -0.25) is 0 Å². The lowest BCUT2D eigenvalue weighted by atomic mass is 10.00. The van der Waals surface area contributed by atoms with Gasteiger partial charge >= 0.3 is 0 Å². The van der Waals surface area contributed by atoms with E-state index in [9.17, 15) is 0 Å². The van der Waals surface area contributed by atoms with Crippen molar-refractivity contribution in [3.8, 4) is 0 Å². The largest absolute Gasteiger partial charge is 0.0914 e. The zero-order chi connectivity index (χ0) is 12.4. The minimum absolute atomic E-state index is 0.665. The van der Waals surface area contributed by atoms with E-state index in [1.807, 2.05) is 0 Å². The Morgan fingerprint density at radius 3 is 2.44 bits per heavy atom. The molecule has 0 bridgehead atoms. The van der Waals surface area contributed by atoms with Crippen LogP contribution in [-0.4, -0.2) is 0 Å². The average molecular weight is 219 g/mol. The summed E-state index contributed by atoms with van der Waals surface area (Å²) >= 11 is 0. The van der Waals surface area contributed by atoms with Gasteiger partial charge in [0.1, 0.15) is 0 Å². The van der Waals surface area contributed by atoms with Crippen molar-refractivity contribution >= 4 is 0 Å². The van der Waals surface area contributed by atoms with E-state index in [2.05, 4.69) is 58.9 Å². The van der Waals surface area contributed by atoms with Crippen molar-refractivity contribution in [3.63, 3.8) is 0 Å². The van der Waals surface area contributed by atoms with E-state index < -0.39 is 0 Å². The predicted molar refractivity (Wildman–Crippen MR) is 75.3 cm³/mol. The third-order valence-corrected chi connectivity index (χ3v) is 2.69. The van der Waals surface area contributed by atoms with Crippen LogP contribution in [0.4, 0.5) is 0 Å². The van der Waals surface area contributed by atoms with Crippen molar-refractivity contribution in [2.75, 3.05) is 0 Å². The van der Waals surface area contributed by atoms with E-state index in [0.29, 0.717) is 5.92 Å². The van der Waals surface area contributed by atoms with Gasteiger partial charge in [0.15, 0.2) is 0 Å². The van der Waals surface area contributed by atoms with E-state index in [1.54, 1.807) is 0 Å². The Kier molecular flexibility index (Phi) is 8.99. The summed E-state index contributed by atoms with van der Waals surface area (Å²) in [4.78, 5) is 0. The van der Waals surface area contributed by atoms with Gasteiger partial charge in [-0.15, -0.1) is 0 Å². The van der Waals surface area contributed by atoms with E-state index in [0.717, 1.165) is 12.8 Å². The van der Waals surface area contributed by atoms with Crippen molar-refractivity contribution in [1.29, 1.82) is 0 Å². The Bertz CT molecular complexity index is 253. The van der Waals surface area contributed by atoms with Crippen LogP contribution in [0.25, 0.3) is 0 Å². The standard InChI is InChI=1S/C16H27/c1-6-9-14(3)11-8-12-16(5)13-15(4)10-7-2/h7,9-10,12,15H,1,6,8,11,13H2,2-5H3. The second-order valence-electron chi connectivity index (χ2n) is 4.64. The molecule has 1 radical (unpaired) electrons. The quantitative estimate of drug-likeness (QED) is 0.497. The lowest BCUT2D eigenvalue weighted by molar-refractivity contribution is 0.711. The van der Waals surface area contributed by atoms with Gasteiger partial charge in [0.2, 0.25) is 0 Å². The third-order valence-electron chi connectivity index (χ3n) is 2.69. The molecule has 0 aliphatic rings. The molecule has 0 heteroatoms. The van der Waals surface area contributed by atoms with Gasteiger partial charge in [-0.1, -0.05) is 42.4 Å². The molecule has 1 unspecified atom stereocenters. The molecule has 0 aromatic rings. The van der Waals surface area contributed by atoms with Crippen LogP contribution in [0, 0.1) is 12.8 Å². The molecule has 0 nitrogen and oxygen atoms in total. The zero-order valence-corrected chi connectivity index (χ0v) is 11.4. The number of hydrogen-bond donors (Lipinski definition) is 0. The molecule has 91 valence electrons. The normalized spacial score (nSPS) is 15.8. The summed E-state index contributed by atoms with van der Waals surface area (Å²) in [6, 6.07) is 0. The maximum atomic E-state index is 3.83. The molecule has 0 saturated carbocycles. The van der Waals surface area contributed by atoms with Crippen molar-refractivity contribution < 1.29 is 0 Å². The predicted octanol–water partition coefficient (Wildman–Crippen LogP) is 5.49. The lowest BCUT2D eigenvalue weighted by Crippen LogP contribution is -1.90. The van der Waals surface area contributed by atoms with Crippen LogP contribution < -0.4 is 0 Å². The smallest absolute Gasteiger partial charge is 0.0225 e. The summed E-state index contributed by atoms with van der Waals surface area (Å²) in [5.74, 6) is 0.665. The third kappa shape index (κ3) is 8.52. The van der Waals surface area contributed by atoms with Gasteiger partial charge in [0.05, 0.1) is 0 Å². The molecule has 0 aliphatic carbocycles. The summed E-state index contributed by atoms with van der Waals surface area (Å²) in [5.41, 5.74) is 2.97. The van der Waals surface area contributed by atoms with Crippen LogP contribution in [-0.2, 0) is 0 Å². The van der Waals surface area contributed by atoms with Crippen molar-refractivity contribution in [1.82, 2.24) is 0 Å². The molecule has 0 spiro atoms. The Labute approximate surface area is 102 Å². The van der Waals surface area contributed by atoms with E-state index in [-0.39, 0.29) is 0 Å². The van der Waals surface area contributed by atoms with E-state index in [4.69, 9.17) is 0 Å². The number of rotatable bonds is 7. The fourth-order valence-corrected chi connectivity index (χ4v) is 1.88. The molecule has 0 fully saturated rings. The van der Waals surface area contributed by atoms with Gasteiger partial charge < -0.3 is 0 Å². The molecule has 0 N–H and O–H groups in total. The second-order valence-corrected chi connectivity index (χ2v) is 4.64. The van der Waals surface area contributed by atoms with Crippen molar-refractivity contribution in [2.24, 2.45) is 5.92 Å². The first-order chi connectivity index (χ1) is 7.60. The molecule has 1 atom stereocenters. The SMILES string of the molecule is [CH2]CC=C(C)CCC=C(C)CC(C)C=CC. The molecule has 0 heterocycles. The first-order valence-electron chi connectivity index (χ1n) is 6.33. The average Bonchev–Trinajstić information content (AvgIpc) is 2.18. The van der Waals surface area contributed by atoms with Gasteiger partial charge in [0, 0.05) is 0 Å². The Hall–Kier alpha value is -0.780. The maximum Gasteiger partial charge on any atom is -0.0225 e. The van der Waals surface area contributed by atoms with Crippen molar-refractivity contribution in [3.05, 3.63) is 42.4 Å². The molecule has 0 saturated heterocycles. The van der Waals surface area contributed by atoms with E-state index >= 15 is 0 Å². The topological polar surface area (TPSA) is 0 Å². The van der Waals surface area contributed by atoms with Crippen LogP contribution in [0.2, 0.25) is 0 Å². The highest BCUT2D eigenvalue weighted by molar-refractivity contribution is 5.05. The summed E-state index contributed by atoms with van der Waals surface area (Å²) in [6.07, 6.45) is 13.4. The van der Waals surface area contributed by atoms with Crippen LogP contribution in [0.5, 0.6) is 0 Å². The van der Waals surface area contributed by atoms with Crippen LogP contribution in [0.3, 0.4) is 0 Å². The Balaban J connectivity index is 3.91. The van der Waals surface area contributed by atoms with Gasteiger partial charge in [-0.2, -0.15) is 0 Å².